The molecule has 0 aromatic rings. The lowest BCUT2D eigenvalue weighted by atomic mass is 9.85. The molecule has 3 amide bonds. The second-order valence-electron chi connectivity index (χ2n) is 7.47. The third-order valence-corrected chi connectivity index (χ3v) is 6.02. The van der Waals surface area contributed by atoms with Crippen molar-refractivity contribution in [1.29, 1.82) is 0 Å². The van der Waals surface area contributed by atoms with Gasteiger partial charge in [-0.2, -0.15) is 0 Å². The molecular formula is C19H24N2O3. The zero-order valence-corrected chi connectivity index (χ0v) is 13.9. The van der Waals surface area contributed by atoms with Gasteiger partial charge in [-0.25, -0.2) is 0 Å². The molecule has 24 heavy (non-hydrogen) atoms. The maximum Gasteiger partial charge on any atom is 0.240 e. The molecule has 5 heteroatoms. The van der Waals surface area contributed by atoms with E-state index in [2.05, 4.69) is 23.5 Å². The number of allylic oxidation sites excluding steroid dienone is 3. The number of rotatable bonds is 5. The molecule has 1 aliphatic heterocycles. The van der Waals surface area contributed by atoms with Crippen LogP contribution in [0.15, 0.2) is 23.8 Å². The molecule has 0 aromatic carbocycles. The molecule has 4 aliphatic rings. The summed E-state index contributed by atoms with van der Waals surface area (Å²) in [5.41, 5.74) is 1.41. The van der Waals surface area contributed by atoms with E-state index in [0.29, 0.717) is 6.54 Å². The fraction of sp³-hybridized carbons (Fsp3) is 0.632. The maximum absolute atomic E-state index is 12.5. The predicted octanol–water partition coefficient (Wildman–Crippen LogP) is 1.80. The first-order chi connectivity index (χ1) is 11.6. The average Bonchev–Trinajstić information content (AvgIpc) is 3.26. The average molecular weight is 328 g/mol. The normalized spacial score (nSPS) is 33.8. The Kier molecular flexibility index (Phi) is 4.02. The second kappa shape index (κ2) is 6.19. The van der Waals surface area contributed by atoms with Crippen molar-refractivity contribution in [1.82, 2.24) is 10.2 Å². The monoisotopic (exact) mass is 328 g/mol. The minimum atomic E-state index is -0.228. The van der Waals surface area contributed by atoms with Gasteiger partial charge in [0.2, 0.25) is 17.7 Å². The Morgan fingerprint density at radius 2 is 1.83 bits per heavy atom. The molecule has 0 aromatic heterocycles. The summed E-state index contributed by atoms with van der Waals surface area (Å²) in [6.07, 6.45) is 12.9. The third-order valence-electron chi connectivity index (χ3n) is 6.02. The van der Waals surface area contributed by atoms with Crippen LogP contribution in [0.4, 0.5) is 0 Å². The lowest BCUT2D eigenvalue weighted by Gasteiger charge is -2.17. The van der Waals surface area contributed by atoms with Crippen LogP contribution in [0.3, 0.4) is 0 Å². The van der Waals surface area contributed by atoms with E-state index in [1.165, 1.54) is 23.3 Å². The molecule has 2 fully saturated rings. The van der Waals surface area contributed by atoms with Crippen LogP contribution in [-0.4, -0.2) is 35.7 Å². The van der Waals surface area contributed by atoms with Gasteiger partial charge in [-0.1, -0.05) is 23.8 Å². The minimum Gasteiger partial charge on any atom is -0.354 e. The van der Waals surface area contributed by atoms with E-state index in [-0.39, 0.29) is 47.9 Å². The highest BCUT2D eigenvalue weighted by molar-refractivity contribution is 6.08. The summed E-state index contributed by atoms with van der Waals surface area (Å²) in [4.78, 5) is 38.4. The Morgan fingerprint density at radius 3 is 2.46 bits per heavy atom. The molecule has 1 N–H and O–H groups in total. The van der Waals surface area contributed by atoms with Crippen LogP contribution in [0.5, 0.6) is 0 Å². The van der Waals surface area contributed by atoms with Gasteiger partial charge in [-0.15, -0.1) is 0 Å². The molecule has 0 radical (unpaired) electrons. The van der Waals surface area contributed by atoms with E-state index in [0.717, 1.165) is 25.7 Å². The van der Waals surface area contributed by atoms with Crippen molar-refractivity contribution < 1.29 is 14.4 Å². The van der Waals surface area contributed by atoms with E-state index in [1.54, 1.807) is 0 Å². The number of amides is 3. The van der Waals surface area contributed by atoms with Gasteiger partial charge in [0.05, 0.1) is 11.8 Å². The fourth-order valence-electron chi connectivity index (χ4n) is 4.81. The molecule has 1 saturated carbocycles. The first kappa shape index (κ1) is 15.6. The van der Waals surface area contributed by atoms with E-state index in [4.69, 9.17) is 0 Å². The van der Waals surface area contributed by atoms with E-state index >= 15 is 0 Å². The standard InChI is InChI=1S/C19H24N2O3/c22-15(20-9-8-12-4-2-1-3-5-12)11-21-18(23)16-13-6-7-14(10-13)17(16)19(21)24/h4,6-7,13-14,16-17H,1-3,5,8-11H2,(H,20,22)/t13-,14-,16-,17-/m0/s1. The van der Waals surface area contributed by atoms with Gasteiger partial charge >= 0.3 is 0 Å². The molecular weight excluding hydrogens is 304 g/mol. The number of carbonyl (C=O) groups excluding carboxylic acids is 3. The molecule has 0 spiro atoms. The number of hydrogen-bond acceptors (Lipinski definition) is 3. The Hall–Kier alpha value is -1.91. The lowest BCUT2D eigenvalue weighted by molar-refractivity contribution is -0.144. The Balaban J connectivity index is 1.29. The van der Waals surface area contributed by atoms with Crippen molar-refractivity contribution in [3.8, 4) is 0 Å². The molecule has 4 atom stereocenters. The Bertz CT molecular complexity index is 607. The van der Waals surface area contributed by atoms with Crippen LogP contribution in [0.25, 0.3) is 0 Å². The number of imide groups is 1. The number of carbonyl (C=O) groups is 3. The summed E-state index contributed by atoms with van der Waals surface area (Å²) in [6, 6.07) is 0. The van der Waals surface area contributed by atoms with Crippen molar-refractivity contribution in [2.24, 2.45) is 23.7 Å². The van der Waals surface area contributed by atoms with Crippen molar-refractivity contribution in [2.75, 3.05) is 13.1 Å². The van der Waals surface area contributed by atoms with E-state index < -0.39 is 0 Å². The predicted molar refractivity (Wildman–Crippen MR) is 88.6 cm³/mol. The van der Waals surface area contributed by atoms with Crippen molar-refractivity contribution >= 4 is 17.7 Å². The minimum absolute atomic E-state index is 0.122. The maximum atomic E-state index is 12.5. The Morgan fingerprint density at radius 1 is 1.12 bits per heavy atom. The smallest absolute Gasteiger partial charge is 0.240 e. The van der Waals surface area contributed by atoms with Gasteiger partial charge in [-0.3, -0.25) is 19.3 Å². The zero-order valence-electron chi connectivity index (χ0n) is 13.9. The van der Waals surface area contributed by atoms with Crippen LogP contribution in [0.2, 0.25) is 0 Å². The number of hydrogen-bond donors (Lipinski definition) is 1. The quantitative estimate of drug-likeness (QED) is 0.618. The molecule has 3 aliphatic carbocycles. The van der Waals surface area contributed by atoms with Gasteiger partial charge < -0.3 is 5.32 Å². The molecule has 0 unspecified atom stereocenters. The van der Waals surface area contributed by atoms with Gasteiger partial charge in [-0.05, 0) is 50.4 Å². The topological polar surface area (TPSA) is 66.5 Å². The van der Waals surface area contributed by atoms with Gasteiger partial charge in [0.25, 0.3) is 0 Å². The highest BCUT2D eigenvalue weighted by atomic mass is 16.2. The Labute approximate surface area is 142 Å². The summed E-state index contributed by atoms with van der Waals surface area (Å²) in [7, 11) is 0. The van der Waals surface area contributed by atoms with Crippen molar-refractivity contribution in [3.05, 3.63) is 23.8 Å². The summed E-state index contributed by atoms with van der Waals surface area (Å²) in [5, 5.41) is 2.86. The van der Waals surface area contributed by atoms with Crippen LogP contribution in [-0.2, 0) is 14.4 Å². The molecule has 4 rings (SSSR count). The van der Waals surface area contributed by atoms with Crippen molar-refractivity contribution in [3.63, 3.8) is 0 Å². The van der Waals surface area contributed by atoms with Crippen molar-refractivity contribution in [2.45, 2.75) is 38.5 Å². The van der Waals surface area contributed by atoms with E-state index in [1.807, 2.05) is 0 Å². The van der Waals surface area contributed by atoms with Crippen LogP contribution >= 0.6 is 0 Å². The van der Waals surface area contributed by atoms with E-state index in [9.17, 15) is 14.4 Å². The highest BCUT2D eigenvalue weighted by Crippen LogP contribution is 2.52. The number of fused-ring (bicyclic) bond motifs is 5. The SMILES string of the molecule is O=C(CN1C(=O)[C@@H]2[C@@H](C1=O)[C@H]1C=C[C@H]2C1)NCCC1=CCCCC1. The van der Waals surface area contributed by atoms with Gasteiger partial charge in [0.1, 0.15) is 6.54 Å². The zero-order chi connectivity index (χ0) is 16.7. The summed E-state index contributed by atoms with van der Waals surface area (Å²) < 4.78 is 0. The molecule has 1 saturated heterocycles. The van der Waals surface area contributed by atoms with Crippen LogP contribution in [0.1, 0.15) is 38.5 Å². The summed E-state index contributed by atoms with van der Waals surface area (Å²) >= 11 is 0. The van der Waals surface area contributed by atoms with Crippen LogP contribution < -0.4 is 5.32 Å². The molecule has 128 valence electrons. The van der Waals surface area contributed by atoms with Gasteiger partial charge in [0.15, 0.2) is 0 Å². The largest absolute Gasteiger partial charge is 0.354 e. The third kappa shape index (κ3) is 2.60. The first-order valence-electron chi connectivity index (χ1n) is 9.13. The molecule has 5 nitrogen and oxygen atoms in total. The highest BCUT2D eigenvalue weighted by Gasteiger charge is 2.59. The fourth-order valence-corrected chi connectivity index (χ4v) is 4.81. The summed E-state index contributed by atoms with van der Waals surface area (Å²) in [6.45, 7) is 0.462. The molecule has 1 heterocycles. The van der Waals surface area contributed by atoms with Crippen LogP contribution in [0, 0.1) is 23.7 Å². The second-order valence-corrected chi connectivity index (χ2v) is 7.47. The number of nitrogens with one attached hydrogen (secondary N) is 1. The summed E-state index contributed by atoms with van der Waals surface area (Å²) in [5.74, 6) is -0.557. The number of nitrogens with zero attached hydrogens (tertiary/aromatic N) is 1. The molecule has 2 bridgehead atoms. The number of likely N-dealkylation sites (tertiary alicyclic amines) is 1. The first-order valence-corrected chi connectivity index (χ1v) is 9.13. The lowest BCUT2D eigenvalue weighted by Crippen LogP contribution is -2.42. The van der Waals surface area contributed by atoms with Gasteiger partial charge in [0, 0.05) is 6.54 Å².